The molecule has 0 saturated carbocycles. The largest absolute Gasteiger partial charge is 0.465 e. The van der Waals surface area contributed by atoms with E-state index in [0.29, 0.717) is 0 Å². The van der Waals surface area contributed by atoms with Gasteiger partial charge >= 0.3 is 6.09 Å². The molecular formula is C9H9FN2O3. The lowest BCUT2D eigenvalue weighted by Crippen LogP contribution is -2.31. The molecule has 1 N–H and O–H groups in total. The van der Waals surface area contributed by atoms with Crippen LogP contribution in [0.1, 0.15) is 10.5 Å². The van der Waals surface area contributed by atoms with Crippen molar-refractivity contribution < 1.29 is 19.1 Å². The third-order valence-electron chi connectivity index (χ3n) is 1.71. The van der Waals surface area contributed by atoms with Crippen molar-refractivity contribution in [3.63, 3.8) is 0 Å². The van der Waals surface area contributed by atoms with E-state index in [1.54, 1.807) is 0 Å². The maximum atomic E-state index is 12.6. The van der Waals surface area contributed by atoms with Gasteiger partial charge in [-0.2, -0.15) is 4.39 Å². The first-order valence-electron chi connectivity index (χ1n) is 4.10. The molecule has 1 aromatic heterocycles. The van der Waals surface area contributed by atoms with E-state index in [-0.39, 0.29) is 12.2 Å². The van der Waals surface area contributed by atoms with Crippen LogP contribution in [-0.2, 0) is 0 Å². The monoisotopic (exact) mass is 212 g/mol. The highest BCUT2D eigenvalue weighted by atomic mass is 19.1. The zero-order valence-electron chi connectivity index (χ0n) is 7.98. The predicted octanol–water partition coefficient (Wildman–Crippen LogP) is 1.01. The van der Waals surface area contributed by atoms with Crippen molar-refractivity contribution in [1.82, 2.24) is 9.88 Å². The number of halogens is 1. The Kier molecular flexibility index (Phi) is 3.33. The van der Waals surface area contributed by atoms with Gasteiger partial charge in [0.05, 0.1) is 6.54 Å². The molecule has 80 valence electrons. The second kappa shape index (κ2) is 4.50. The van der Waals surface area contributed by atoms with E-state index in [0.717, 1.165) is 11.0 Å². The average molecular weight is 212 g/mol. The summed E-state index contributed by atoms with van der Waals surface area (Å²) in [6, 6.07) is 3.79. The first-order chi connectivity index (χ1) is 7.00. The van der Waals surface area contributed by atoms with Gasteiger partial charge in [0, 0.05) is 7.05 Å². The lowest BCUT2D eigenvalue weighted by Gasteiger charge is -2.10. The molecule has 1 rings (SSSR count). The maximum Gasteiger partial charge on any atom is 0.407 e. The van der Waals surface area contributed by atoms with Gasteiger partial charge in [-0.1, -0.05) is 6.07 Å². The Balaban J connectivity index is 2.73. The minimum atomic E-state index is -1.22. The third-order valence-corrected chi connectivity index (χ3v) is 1.71. The van der Waals surface area contributed by atoms with Crippen molar-refractivity contribution in [1.29, 1.82) is 0 Å². The van der Waals surface area contributed by atoms with Crippen LogP contribution in [0.5, 0.6) is 0 Å². The average Bonchev–Trinajstić information content (AvgIpc) is 2.17. The molecule has 0 unspecified atom stereocenters. The summed E-state index contributed by atoms with van der Waals surface area (Å²) < 4.78 is 12.6. The molecule has 15 heavy (non-hydrogen) atoms. The van der Waals surface area contributed by atoms with Crippen LogP contribution >= 0.6 is 0 Å². The van der Waals surface area contributed by atoms with E-state index in [4.69, 9.17) is 5.11 Å². The number of likely N-dealkylation sites (N-methyl/N-ethyl adjacent to an activating group) is 1. The van der Waals surface area contributed by atoms with Gasteiger partial charge in [0.25, 0.3) is 0 Å². The Bertz CT molecular complexity index is 395. The number of nitrogens with zero attached hydrogens (tertiary/aromatic N) is 2. The lowest BCUT2D eigenvalue weighted by atomic mass is 10.2. The van der Waals surface area contributed by atoms with Crippen LogP contribution in [-0.4, -0.2) is 40.5 Å². The van der Waals surface area contributed by atoms with Gasteiger partial charge in [0.1, 0.15) is 5.69 Å². The molecule has 0 fully saturated rings. The lowest BCUT2D eigenvalue weighted by molar-refractivity contribution is 0.0923. The summed E-state index contributed by atoms with van der Waals surface area (Å²) in [5.41, 5.74) is -0.0805. The van der Waals surface area contributed by atoms with Gasteiger partial charge in [-0.15, -0.1) is 0 Å². The van der Waals surface area contributed by atoms with E-state index < -0.39 is 17.8 Å². The number of Topliss-reactive ketones (excluding diaryl/α,β-unsaturated/α-hetero) is 1. The highest BCUT2D eigenvalue weighted by Crippen LogP contribution is 2.00. The molecule has 0 saturated heterocycles. The van der Waals surface area contributed by atoms with Gasteiger partial charge < -0.3 is 10.0 Å². The van der Waals surface area contributed by atoms with Crippen LogP contribution in [0.2, 0.25) is 0 Å². The Labute approximate surface area is 85.2 Å². The Morgan fingerprint density at radius 3 is 2.73 bits per heavy atom. The molecule has 0 aliphatic heterocycles. The van der Waals surface area contributed by atoms with Gasteiger partial charge in [-0.05, 0) is 12.1 Å². The standard InChI is InChI=1S/C9H9FN2O3/c1-12(9(14)15)5-7(13)6-3-2-4-8(10)11-6/h2-4H,5H2,1H3,(H,14,15). The van der Waals surface area contributed by atoms with E-state index in [2.05, 4.69) is 4.98 Å². The van der Waals surface area contributed by atoms with Gasteiger partial charge in [-0.3, -0.25) is 4.79 Å². The van der Waals surface area contributed by atoms with E-state index in [1.807, 2.05) is 0 Å². The first kappa shape index (κ1) is 11.1. The summed E-state index contributed by atoms with van der Waals surface area (Å²) in [4.78, 5) is 25.9. The fourth-order valence-electron chi connectivity index (χ4n) is 0.928. The van der Waals surface area contributed by atoms with Crippen LogP contribution in [0.15, 0.2) is 18.2 Å². The number of carbonyl (C=O) groups is 2. The molecule has 5 nitrogen and oxygen atoms in total. The molecule has 0 radical (unpaired) electrons. The summed E-state index contributed by atoms with van der Waals surface area (Å²) in [6.45, 7) is -0.341. The zero-order valence-corrected chi connectivity index (χ0v) is 7.98. The molecule has 1 aromatic rings. The van der Waals surface area contributed by atoms with Crippen molar-refractivity contribution >= 4 is 11.9 Å². The number of carbonyl (C=O) groups excluding carboxylic acids is 1. The van der Waals surface area contributed by atoms with Gasteiger partial charge in [-0.25, -0.2) is 9.78 Å². The molecule has 0 atom stereocenters. The number of amides is 1. The van der Waals surface area contributed by atoms with Crippen molar-refractivity contribution in [2.45, 2.75) is 0 Å². The number of carboxylic acid groups (broad SMARTS) is 1. The molecule has 0 aliphatic rings. The quantitative estimate of drug-likeness (QED) is 0.599. The number of rotatable bonds is 3. The van der Waals surface area contributed by atoms with Crippen LogP contribution in [0, 0.1) is 5.95 Å². The molecular weight excluding hydrogens is 203 g/mol. The van der Waals surface area contributed by atoms with E-state index in [1.165, 1.54) is 19.2 Å². The molecule has 0 aromatic carbocycles. The summed E-state index contributed by atoms with van der Waals surface area (Å²) >= 11 is 0. The van der Waals surface area contributed by atoms with Crippen molar-refractivity contribution in [3.8, 4) is 0 Å². The summed E-state index contributed by atoms with van der Waals surface area (Å²) in [5, 5.41) is 8.51. The van der Waals surface area contributed by atoms with Crippen molar-refractivity contribution in [3.05, 3.63) is 29.8 Å². The second-order valence-electron chi connectivity index (χ2n) is 2.91. The normalized spacial score (nSPS) is 9.73. The number of hydrogen-bond acceptors (Lipinski definition) is 3. The fourth-order valence-corrected chi connectivity index (χ4v) is 0.928. The molecule has 0 spiro atoms. The van der Waals surface area contributed by atoms with Crippen LogP contribution in [0.4, 0.5) is 9.18 Å². The smallest absolute Gasteiger partial charge is 0.407 e. The zero-order chi connectivity index (χ0) is 11.4. The van der Waals surface area contributed by atoms with E-state index in [9.17, 15) is 14.0 Å². The summed E-state index contributed by atoms with van der Waals surface area (Å²) in [5.74, 6) is -1.31. The molecule has 0 bridgehead atoms. The Morgan fingerprint density at radius 1 is 1.53 bits per heavy atom. The van der Waals surface area contributed by atoms with Crippen LogP contribution in [0.25, 0.3) is 0 Å². The molecule has 6 heteroatoms. The van der Waals surface area contributed by atoms with Gasteiger partial charge in [0.15, 0.2) is 0 Å². The highest BCUT2D eigenvalue weighted by molar-refractivity contribution is 5.97. The third kappa shape index (κ3) is 3.01. The maximum absolute atomic E-state index is 12.6. The molecule has 0 aliphatic carbocycles. The number of hydrogen-bond donors (Lipinski definition) is 1. The number of aromatic nitrogens is 1. The van der Waals surface area contributed by atoms with Crippen LogP contribution < -0.4 is 0 Å². The van der Waals surface area contributed by atoms with Crippen LogP contribution in [0.3, 0.4) is 0 Å². The summed E-state index contributed by atoms with van der Waals surface area (Å²) in [7, 11) is 1.25. The molecule has 1 amide bonds. The van der Waals surface area contributed by atoms with Gasteiger partial charge in [0.2, 0.25) is 11.7 Å². The highest BCUT2D eigenvalue weighted by Gasteiger charge is 2.14. The molecule has 1 heterocycles. The number of ketones is 1. The first-order valence-corrected chi connectivity index (χ1v) is 4.10. The minimum absolute atomic E-state index is 0.0805. The summed E-state index contributed by atoms with van der Waals surface area (Å²) in [6.07, 6.45) is -1.22. The van der Waals surface area contributed by atoms with Crippen molar-refractivity contribution in [2.24, 2.45) is 0 Å². The number of pyridine rings is 1. The second-order valence-corrected chi connectivity index (χ2v) is 2.91. The SMILES string of the molecule is CN(CC(=O)c1cccc(F)n1)C(=O)O. The van der Waals surface area contributed by atoms with Crippen molar-refractivity contribution in [2.75, 3.05) is 13.6 Å². The predicted molar refractivity (Wildman–Crippen MR) is 49.2 cm³/mol. The topological polar surface area (TPSA) is 70.5 Å². The fraction of sp³-hybridized carbons (Fsp3) is 0.222. The Morgan fingerprint density at radius 2 is 2.20 bits per heavy atom. The minimum Gasteiger partial charge on any atom is -0.465 e. The Hall–Kier alpha value is -1.98. The van der Waals surface area contributed by atoms with E-state index >= 15 is 0 Å².